The minimum absolute atomic E-state index is 0.125. The number of hydrogen-bond donors (Lipinski definition) is 0. The fraction of sp³-hybridized carbons (Fsp3) is 0.370. The van der Waals surface area contributed by atoms with Gasteiger partial charge in [0.1, 0.15) is 0 Å². The number of piperidine rings is 1. The number of ketones is 1. The molecule has 0 aliphatic carbocycles. The van der Waals surface area contributed by atoms with Crippen LogP contribution >= 0.6 is 0 Å². The lowest BCUT2D eigenvalue weighted by atomic mass is 9.95. The zero-order chi connectivity index (χ0) is 20.9. The molecule has 0 saturated carbocycles. The molecule has 3 nitrogen and oxygen atoms in total. The zero-order valence-electron chi connectivity index (χ0n) is 18.1. The number of allylic oxidation sites excluding steroid dienone is 2. The summed E-state index contributed by atoms with van der Waals surface area (Å²) in [7, 11) is 0. The van der Waals surface area contributed by atoms with Crippen LogP contribution in [0.1, 0.15) is 42.6 Å². The summed E-state index contributed by atoms with van der Waals surface area (Å²) in [5.41, 5.74) is 3.35. The molecule has 0 radical (unpaired) electrons. The fourth-order valence-corrected chi connectivity index (χ4v) is 4.45. The number of aromatic nitrogens is 1. The van der Waals surface area contributed by atoms with E-state index >= 15 is 0 Å². The number of carbonyl (C=O) groups is 1. The molecule has 1 saturated heterocycles. The summed E-state index contributed by atoms with van der Waals surface area (Å²) >= 11 is 0. The highest BCUT2D eigenvalue weighted by Crippen LogP contribution is 2.24. The fourth-order valence-electron chi connectivity index (χ4n) is 4.45. The summed E-state index contributed by atoms with van der Waals surface area (Å²) in [4.78, 5) is 15.5. The Balaban J connectivity index is 1.39. The summed E-state index contributed by atoms with van der Waals surface area (Å²) in [5.74, 6) is 1.16. The molecule has 1 fully saturated rings. The second-order valence-electron chi connectivity index (χ2n) is 8.93. The zero-order valence-corrected chi connectivity index (χ0v) is 18.1. The number of likely N-dealkylation sites (tertiary alicyclic amines) is 1. The molecule has 2 heterocycles. The topological polar surface area (TPSA) is 25.2 Å². The monoisotopic (exact) mass is 400 g/mol. The molecule has 0 amide bonds. The van der Waals surface area contributed by atoms with Gasteiger partial charge in [0.25, 0.3) is 0 Å². The number of benzene rings is 2. The lowest BCUT2D eigenvalue weighted by Gasteiger charge is -2.30. The first-order chi connectivity index (χ1) is 14.6. The van der Waals surface area contributed by atoms with E-state index in [1.165, 1.54) is 5.56 Å². The molecular weight excluding hydrogens is 368 g/mol. The maximum Gasteiger partial charge on any atom is 0.187 e. The average Bonchev–Trinajstić information content (AvgIpc) is 3.12. The molecule has 0 atom stereocenters. The van der Waals surface area contributed by atoms with Crippen molar-refractivity contribution >= 4 is 16.7 Å². The minimum atomic E-state index is 0.125. The van der Waals surface area contributed by atoms with Gasteiger partial charge in [-0.15, -0.1) is 0 Å². The van der Waals surface area contributed by atoms with E-state index in [9.17, 15) is 4.79 Å². The highest BCUT2D eigenvalue weighted by molar-refractivity contribution is 6.13. The van der Waals surface area contributed by atoms with Gasteiger partial charge in [0.2, 0.25) is 0 Å². The first kappa shape index (κ1) is 20.6. The third-order valence-corrected chi connectivity index (χ3v) is 6.02. The molecule has 30 heavy (non-hydrogen) atoms. The quantitative estimate of drug-likeness (QED) is 0.362. The van der Waals surface area contributed by atoms with Crippen molar-refractivity contribution in [2.45, 2.75) is 39.8 Å². The van der Waals surface area contributed by atoms with Crippen molar-refractivity contribution in [3.8, 4) is 0 Å². The van der Waals surface area contributed by atoms with Gasteiger partial charge < -0.3 is 4.57 Å². The Kier molecular flexibility index (Phi) is 6.49. The van der Waals surface area contributed by atoms with Gasteiger partial charge in [0.15, 0.2) is 5.78 Å². The first-order valence-electron chi connectivity index (χ1n) is 11.2. The summed E-state index contributed by atoms with van der Waals surface area (Å²) in [6.45, 7) is 8.54. The predicted octanol–water partition coefficient (Wildman–Crippen LogP) is 5.95. The highest BCUT2D eigenvalue weighted by atomic mass is 16.1. The molecule has 0 N–H and O–H groups in total. The second-order valence-corrected chi connectivity index (χ2v) is 8.93. The Bertz CT molecular complexity index is 1010. The van der Waals surface area contributed by atoms with Crippen molar-refractivity contribution in [1.82, 2.24) is 9.47 Å². The van der Waals surface area contributed by atoms with E-state index in [-0.39, 0.29) is 5.78 Å². The third-order valence-electron chi connectivity index (χ3n) is 6.02. The summed E-state index contributed by atoms with van der Waals surface area (Å²) in [6, 6.07) is 18.9. The second kappa shape index (κ2) is 9.44. The number of para-hydroxylation sites is 1. The van der Waals surface area contributed by atoms with Crippen LogP contribution in [0.15, 0.2) is 72.9 Å². The Hall–Kier alpha value is -2.65. The maximum absolute atomic E-state index is 13.0. The van der Waals surface area contributed by atoms with E-state index in [1.807, 2.05) is 24.4 Å². The average molecular weight is 401 g/mol. The summed E-state index contributed by atoms with van der Waals surface area (Å²) in [6.07, 6.45) is 8.24. The van der Waals surface area contributed by atoms with Crippen LogP contribution in [0, 0.1) is 11.8 Å². The Morgan fingerprint density at radius 1 is 1.03 bits per heavy atom. The molecule has 1 aromatic heterocycles. The van der Waals surface area contributed by atoms with Crippen molar-refractivity contribution in [3.63, 3.8) is 0 Å². The predicted molar refractivity (Wildman–Crippen MR) is 125 cm³/mol. The van der Waals surface area contributed by atoms with Crippen LogP contribution in [0.4, 0.5) is 0 Å². The van der Waals surface area contributed by atoms with E-state index in [4.69, 9.17) is 0 Å². The number of hydrogen-bond acceptors (Lipinski definition) is 2. The van der Waals surface area contributed by atoms with Gasteiger partial charge in [0, 0.05) is 35.8 Å². The van der Waals surface area contributed by atoms with Gasteiger partial charge in [-0.25, -0.2) is 0 Å². The standard InChI is InChI=1S/C27H32N2O/c1-21(2)18-29-20-25(24-10-6-7-11-26(24)29)27(30)13-12-22-14-16-28(17-15-22)19-23-8-4-3-5-9-23/h3-13,20-22H,14-19H2,1-2H3/b13-12+. The van der Waals surface area contributed by atoms with Gasteiger partial charge in [-0.2, -0.15) is 0 Å². The molecule has 0 spiro atoms. The van der Waals surface area contributed by atoms with E-state index in [0.29, 0.717) is 11.8 Å². The van der Waals surface area contributed by atoms with E-state index in [2.05, 4.69) is 71.9 Å². The smallest absolute Gasteiger partial charge is 0.187 e. The maximum atomic E-state index is 13.0. The van der Waals surface area contributed by atoms with Crippen LogP contribution in [0.25, 0.3) is 10.9 Å². The van der Waals surface area contributed by atoms with Crippen molar-refractivity contribution in [3.05, 3.63) is 84.1 Å². The molecule has 0 bridgehead atoms. The molecule has 2 aromatic carbocycles. The number of carbonyl (C=O) groups excluding carboxylic acids is 1. The molecule has 3 aromatic rings. The minimum Gasteiger partial charge on any atom is -0.346 e. The van der Waals surface area contributed by atoms with E-state index in [0.717, 1.165) is 55.5 Å². The van der Waals surface area contributed by atoms with E-state index < -0.39 is 0 Å². The van der Waals surface area contributed by atoms with Gasteiger partial charge in [0.05, 0.1) is 0 Å². The largest absolute Gasteiger partial charge is 0.346 e. The van der Waals surface area contributed by atoms with Gasteiger partial charge in [-0.05, 0) is 55.5 Å². The normalized spacial score (nSPS) is 16.1. The van der Waals surface area contributed by atoms with Crippen LogP contribution < -0.4 is 0 Å². The highest BCUT2D eigenvalue weighted by Gasteiger charge is 2.18. The molecule has 3 heteroatoms. The van der Waals surface area contributed by atoms with Crippen LogP contribution in [0.5, 0.6) is 0 Å². The van der Waals surface area contributed by atoms with Crippen molar-refractivity contribution in [1.29, 1.82) is 0 Å². The lowest BCUT2D eigenvalue weighted by molar-refractivity contribution is 0.104. The summed E-state index contributed by atoms with van der Waals surface area (Å²) < 4.78 is 2.23. The molecular formula is C27H32N2O. The van der Waals surface area contributed by atoms with Crippen LogP contribution in [-0.4, -0.2) is 28.3 Å². The Morgan fingerprint density at radius 3 is 2.47 bits per heavy atom. The first-order valence-corrected chi connectivity index (χ1v) is 11.2. The number of fused-ring (bicyclic) bond motifs is 1. The third kappa shape index (κ3) is 4.91. The van der Waals surface area contributed by atoms with Crippen LogP contribution in [0.2, 0.25) is 0 Å². The molecule has 4 rings (SSSR count). The SMILES string of the molecule is CC(C)Cn1cc(C(=O)/C=C/C2CCN(Cc3ccccc3)CC2)c2ccccc21. The van der Waals surface area contributed by atoms with Crippen LogP contribution in [0.3, 0.4) is 0 Å². The van der Waals surface area contributed by atoms with Gasteiger partial charge in [-0.3, -0.25) is 9.69 Å². The number of nitrogens with zero attached hydrogens (tertiary/aromatic N) is 2. The molecule has 0 unspecified atom stereocenters. The number of rotatable bonds is 7. The van der Waals surface area contributed by atoms with Crippen molar-refractivity contribution < 1.29 is 4.79 Å². The molecule has 1 aliphatic rings. The van der Waals surface area contributed by atoms with E-state index in [1.54, 1.807) is 0 Å². The van der Waals surface area contributed by atoms with Crippen molar-refractivity contribution in [2.24, 2.45) is 11.8 Å². The Labute approximate surface area is 180 Å². The lowest BCUT2D eigenvalue weighted by Crippen LogP contribution is -2.32. The van der Waals surface area contributed by atoms with Crippen molar-refractivity contribution in [2.75, 3.05) is 13.1 Å². The molecule has 156 valence electrons. The van der Waals surface area contributed by atoms with Crippen LogP contribution in [-0.2, 0) is 13.1 Å². The van der Waals surface area contributed by atoms with Gasteiger partial charge >= 0.3 is 0 Å². The molecule has 1 aliphatic heterocycles. The summed E-state index contributed by atoms with van der Waals surface area (Å²) in [5, 5.41) is 1.06. The Morgan fingerprint density at radius 2 is 1.73 bits per heavy atom. The van der Waals surface area contributed by atoms with Gasteiger partial charge in [-0.1, -0.05) is 68.5 Å².